The molecule has 2 aromatic carbocycles. The number of methoxy groups -OCH3 is 2. The lowest BCUT2D eigenvalue weighted by atomic mass is 10.1. The summed E-state index contributed by atoms with van der Waals surface area (Å²) in [7, 11) is 3.05. The molecule has 2 aromatic rings. The Morgan fingerprint density at radius 3 is 2.10 bits per heavy atom. The summed E-state index contributed by atoms with van der Waals surface area (Å²) < 4.78 is 15.8. The minimum atomic E-state index is -0.318. The van der Waals surface area contributed by atoms with E-state index in [0.29, 0.717) is 30.1 Å². The summed E-state index contributed by atoms with van der Waals surface area (Å²) in [6.45, 7) is 0. The minimum absolute atomic E-state index is 0.297. The van der Waals surface area contributed by atoms with E-state index < -0.39 is 0 Å². The maximum atomic E-state index is 12.0. The fourth-order valence-electron chi connectivity index (χ4n) is 1.97. The Morgan fingerprint density at radius 2 is 1.52 bits per heavy atom. The van der Waals surface area contributed by atoms with Crippen molar-refractivity contribution in [2.75, 3.05) is 14.2 Å². The first-order valence-electron chi connectivity index (χ1n) is 6.70. The van der Waals surface area contributed by atoms with Crippen molar-refractivity contribution in [3.63, 3.8) is 0 Å². The van der Waals surface area contributed by atoms with Crippen LogP contribution >= 0.6 is 0 Å². The Bertz CT molecular complexity index is 571. The third kappa shape index (κ3) is 3.99. The number of ether oxygens (including phenoxy) is 3. The number of aryl methyl sites for hydroxylation is 1. The zero-order chi connectivity index (χ0) is 15.1. The van der Waals surface area contributed by atoms with Gasteiger partial charge in [-0.25, -0.2) is 0 Å². The molecule has 0 N–H and O–H groups in total. The molecule has 110 valence electrons. The highest BCUT2D eigenvalue weighted by Gasteiger charge is 2.15. The normalized spacial score (nSPS) is 10.0. The molecule has 4 nitrogen and oxygen atoms in total. The maximum Gasteiger partial charge on any atom is 0.311 e. The summed E-state index contributed by atoms with van der Waals surface area (Å²) in [5.41, 5.74) is 1.10. The molecule has 0 bridgehead atoms. The number of esters is 1. The number of carbonyl (C=O) groups excluding carboxylic acids is 1. The van der Waals surface area contributed by atoms with Crippen molar-refractivity contribution in [2.24, 2.45) is 0 Å². The summed E-state index contributed by atoms with van der Waals surface area (Å²) in [6, 6.07) is 15.0. The second-order valence-electron chi connectivity index (χ2n) is 4.45. The molecule has 21 heavy (non-hydrogen) atoms. The Hall–Kier alpha value is -2.49. The molecule has 0 spiro atoms. The van der Waals surface area contributed by atoms with Crippen molar-refractivity contribution < 1.29 is 19.0 Å². The highest BCUT2D eigenvalue weighted by molar-refractivity contribution is 5.74. The first-order valence-corrected chi connectivity index (χ1v) is 6.70. The van der Waals surface area contributed by atoms with Crippen molar-refractivity contribution in [1.82, 2.24) is 0 Å². The molecule has 0 atom stereocenters. The van der Waals surface area contributed by atoms with Gasteiger partial charge in [-0.2, -0.15) is 0 Å². The number of hydrogen-bond donors (Lipinski definition) is 0. The van der Waals surface area contributed by atoms with Crippen LogP contribution in [0.1, 0.15) is 12.0 Å². The molecule has 0 saturated heterocycles. The van der Waals surface area contributed by atoms with Crippen LogP contribution in [0.2, 0.25) is 0 Å². The molecular formula is C17H18O4. The molecule has 0 fully saturated rings. The smallest absolute Gasteiger partial charge is 0.311 e. The maximum absolute atomic E-state index is 12.0. The van der Waals surface area contributed by atoms with E-state index in [9.17, 15) is 4.79 Å². The van der Waals surface area contributed by atoms with Gasteiger partial charge in [-0.15, -0.1) is 0 Å². The standard InChI is InChI=1S/C17H18O4/c1-19-14-9-6-10-15(20-2)17(14)21-16(18)12-11-13-7-4-3-5-8-13/h3-10H,11-12H2,1-2H3. The molecule has 0 amide bonds. The van der Waals surface area contributed by atoms with Crippen LogP contribution < -0.4 is 14.2 Å². The molecule has 4 heteroatoms. The van der Waals surface area contributed by atoms with Crippen molar-refractivity contribution in [3.05, 3.63) is 54.1 Å². The van der Waals surface area contributed by atoms with Gasteiger partial charge in [0.1, 0.15) is 0 Å². The molecule has 0 aliphatic rings. The van der Waals surface area contributed by atoms with Crippen LogP contribution in [0.3, 0.4) is 0 Å². The minimum Gasteiger partial charge on any atom is -0.493 e. The topological polar surface area (TPSA) is 44.8 Å². The van der Waals surface area contributed by atoms with Gasteiger partial charge in [-0.3, -0.25) is 4.79 Å². The van der Waals surface area contributed by atoms with E-state index in [0.717, 1.165) is 5.56 Å². The molecule has 0 saturated carbocycles. The molecule has 0 aromatic heterocycles. The van der Waals surface area contributed by atoms with Gasteiger partial charge in [0.15, 0.2) is 11.5 Å². The SMILES string of the molecule is COc1cccc(OC)c1OC(=O)CCc1ccccc1. The molecule has 0 heterocycles. The first-order chi connectivity index (χ1) is 10.2. The van der Waals surface area contributed by atoms with E-state index in [2.05, 4.69) is 0 Å². The quantitative estimate of drug-likeness (QED) is 0.604. The highest BCUT2D eigenvalue weighted by atomic mass is 16.6. The second-order valence-corrected chi connectivity index (χ2v) is 4.45. The van der Waals surface area contributed by atoms with Gasteiger partial charge < -0.3 is 14.2 Å². The largest absolute Gasteiger partial charge is 0.493 e. The van der Waals surface area contributed by atoms with Gasteiger partial charge >= 0.3 is 5.97 Å². The Kier molecular flexibility index (Phi) is 5.21. The van der Waals surface area contributed by atoms with E-state index in [1.807, 2.05) is 30.3 Å². The van der Waals surface area contributed by atoms with Gasteiger partial charge in [0.05, 0.1) is 14.2 Å². The number of benzene rings is 2. The van der Waals surface area contributed by atoms with E-state index in [-0.39, 0.29) is 5.97 Å². The molecule has 2 rings (SSSR count). The summed E-state index contributed by atoms with van der Waals surface area (Å²) >= 11 is 0. The van der Waals surface area contributed by atoms with Crippen molar-refractivity contribution >= 4 is 5.97 Å². The predicted molar refractivity (Wildman–Crippen MR) is 79.9 cm³/mol. The van der Waals surface area contributed by atoms with Gasteiger partial charge in [-0.1, -0.05) is 36.4 Å². The summed E-state index contributed by atoms with van der Waals surface area (Å²) in [5.74, 6) is 0.951. The van der Waals surface area contributed by atoms with Crippen molar-refractivity contribution in [1.29, 1.82) is 0 Å². The molecular weight excluding hydrogens is 268 g/mol. The van der Waals surface area contributed by atoms with Gasteiger partial charge in [0.2, 0.25) is 5.75 Å². The average Bonchev–Trinajstić information content (AvgIpc) is 2.54. The number of hydrogen-bond acceptors (Lipinski definition) is 4. The lowest BCUT2D eigenvalue weighted by Gasteiger charge is -2.12. The monoisotopic (exact) mass is 286 g/mol. The van der Waals surface area contributed by atoms with Crippen LogP contribution in [0.25, 0.3) is 0 Å². The first kappa shape index (κ1) is 14.9. The summed E-state index contributed by atoms with van der Waals surface area (Å²) in [4.78, 5) is 12.0. The zero-order valence-electron chi connectivity index (χ0n) is 12.2. The Labute approximate surface area is 124 Å². The summed E-state index contributed by atoms with van der Waals surface area (Å²) in [6.07, 6.45) is 0.933. The van der Waals surface area contributed by atoms with Crippen molar-refractivity contribution in [2.45, 2.75) is 12.8 Å². The van der Waals surface area contributed by atoms with Crippen LogP contribution in [-0.2, 0) is 11.2 Å². The van der Waals surface area contributed by atoms with E-state index in [4.69, 9.17) is 14.2 Å². The third-order valence-electron chi connectivity index (χ3n) is 3.06. The van der Waals surface area contributed by atoms with E-state index in [1.165, 1.54) is 14.2 Å². The van der Waals surface area contributed by atoms with Crippen molar-refractivity contribution in [3.8, 4) is 17.2 Å². The Balaban J connectivity index is 2.02. The van der Waals surface area contributed by atoms with E-state index >= 15 is 0 Å². The average molecular weight is 286 g/mol. The zero-order valence-corrected chi connectivity index (χ0v) is 12.2. The second kappa shape index (κ2) is 7.33. The van der Waals surface area contributed by atoms with Gasteiger partial charge in [-0.05, 0) is 24.1 Å². The summed E-state index contributed by atoms with van der Waals surface area (Å²) in [5, 5.41) is 0. The van der Waals surface area contributed by atoms with Crippen LogP contribution in [0.5, 0.6) is 17.2 Å². The molecule has 0 aliphatic carbocycles. The lowest BCUT2D eigenvalue weighted by molar-refractivity contribution is -0.134. The lowest BCUT2D eigenvalue weighted by Crippen LogP contribution is -2.10. The fraction of sp³-hybridized carbons (Fsp3) is 0.235. The fourth-order valence-corrected chi connectivity index (χ4v) is 1.97. The molecule has 0 radical (unpaired) electrons. The van der Waals surface area contributed by atoms with Crippen LogP contribution in [0.4, 0.5) is 0 Å². The number of para-hydroxylation sites is 1. The van der Waals surface area contributed by atoms with E-state index in [1.54, 1.807) is 18.2 Å². The Morgan fingerprint density at radius 1 is 0.905 bits per heavy atom. The van der Waals surface area contributed by atoms with Gasteiger partial charge in [0, 0.05) is 6.42 Å². The third-order valence-corrected chi connectivity index (χ3v) is 3.06. The predicted octanol–water partition coefficient (Wildman–Crippen LogP) is 3.24. The molecule has 0 unspecified atom stereocenters. The molecule has 0 aliphatic heterocycles. The number of carbonyl (C=O) groups is 1. The highest BCUT2D eigenvalue weighted by Crippen LogP contribution is 2.36. The van der Waals surface area contributed by atoms with Gasteiger partial charge in [0.25, 0.3) is 0 Å². The van der Waals surface area contributed by atoms with Crippen LogP contribution in [0.15, 0.2) is 48.5 Å². The van der Waals surface area contributed by atoms with Crippen LogP contribution in [0, 0.1) is 0 Å². The van der Waals surface area contributed by atoms with Crippen LogP contribution in [-0.4, -0.2) is 20.2 Å². The number of rotatable bonds is 6.